The van der Waals surface area contributed by atoms with Gasteiger partial charge in [-0.1, -0.05) is 26.7 Å². The first-order valence-corrected chi connectivity index (χ1v) is 10.3. The Morgan fingerprint density at radius 1 is 1.27 bits per heavy atom. The third-order valence-electron chi connectivity index (χ3n) is 4.02. The summed E-state index contributed by atoms with van der Waals surface area (Å²) in [5.74, 6) is 0.392. The Kier molecular flexibility index (Phi) is 5.99. The standard InChI is InChI=1S/C15H27N3O2S2/c1-10(2)9-14(15-16-11(3)12(4)21-15)18-22(19,20)17-13-7-5-6-8-13/h10,13-14,17-18H,5-9H2,1-4H3. The summed E-state index contributed by atoms with van der Waals surface area (Å²) < 4.78 is 30.4. The topological polar surface area (TPSA) is 71.1 Å². The summed E-state index contributed by atoms with van der Waals surface area (Å²) in [4.78, 5) is 5.69. The third-order valence-corrected chi connectivity index (χ3v) is 6.45. The average Bonchev–Trinajstić information content (AvgIpc) is 2.98. The van der Waals surface area contributed by atoms with Gasteiger partial charge in [-0.15, -0.1) is 11.3 Å². The molecule has 1 saturated carbocycles. The minimum absolute atomic E-state index is 0.0805. The Morgan fingerprint density at radius 2 is 1.91 bits per heavy atom. The van der Waals surface area contributed by atoms with Gasteiger partial charge in [0.15, 0.2) is 0 Å². The molecule has 1 unspecified atom stereocenters. The Labute approximate surface area is 138 Å². The van der Waals surface area contributed by atoms with E-state index < -0.39 is 10.2 Å². The van der Waals surface area contributed by atoms with E-state index in [1.54, 1.807) is 11.3 Å². The second-order valence-electron chi connectivity index (χ2n) is 6.60. The van der Waals surface area contributed by atoms with Gasteiger partial charge in [-0.05, 0) is 39.0 Å². The van der Waals surface area contributed by atoms with Crippen molar-refractivity contribution in [2.24, 2.45) is 5.92 Å². The molecule has 0 bridgehead atoms. The number of nitrogens with one attached hydrogen (secondary N) is 2. The Bertz CT molecular complexity index is 570. The summed E-state index contributed by atoms with van der Waals surface area (Å²) in [7, 11) is -3.49. The fourth-order valence-corrected chi connectivity index (χ4v) is 5.19. The molecule has 0 amide bonds. The van der Waals surface area contributed by atoms with Gasteiger partial charge in [0, 0.05) is 10.9 Å². The van der Waals surface area contributed by atoms with Crippen LogP contribution in [-0.2, 0) is 10.2 Å². The maximum atomic E-state index is 12.4. The lowest BCUT2D eigenvalue weighted by molar-refractivity contribution is 0.461. The maximum Gasteiger partial charge on any atom is 0.277 e. The highest BCUT2D eigenvalue weighted by Crippen LogP contribution is 2.28. The highest BCUT2D eigenvalue weighted by Gasteiger charge is 2.26. The molecule has 1 aliphatic rings. The molecule has 1 heterocycles. The fraction of sp³-hybridized carbons (Fsp3) is 0.800. The zero-order valence-electron chi connectivity index (χ0n) is 13.8. The monoisotopic (exact) mass is 345 g/mol. The van der Waals surface area contributed by atoms with E-state index in [0.29, 0.717) is 5.92 Å². The maximum absolute atomic E-state index is 12.4. The molecule has 2 N–H and O–H groups in total. The fourth-order valence-electron chi connectivity index (χ4n) is 2.80. The lowest BCUT2D eigenvalue weighted by Crippen LogP contribution is -2.43. The van der Waals surface area contributed by atoms with Gasteiger partial charge in [0.05, 0.1) is 11.7 Å². The van der Waals surface area contributed by atoms with E-state index in [-0.39, 0.29) is 12.1 Å². The Hall–Kier alpha value is -0.500. The van der Waals surface area contributed by atoms with Crippen LogP contribution in [0.25, 0.3) is 0 Å². The van der Waals surface area contributed by atoms with Gasteiger partial charge in [0.2, 0.25) is 0 Å². The van der Waals surface area contributed by atoms with E-state index in [1.807, 2.05) is 13.8 Å². The van der Waals surface area contributed by atoms with Crippen LogP contribution in [0.5, 0.6) is 0 Å². The van der Waals surface area contributed by atoms with Crippen molar-refractivity contribution < 1.29 is 8.42 Å². The largest absolute Gasteiger partial charge is 0.277 e. The summed E-state index contributed by atoms with van der Waals surface area (Å²) in [6.07, 6.45) is 4.83. The van der Waals surface area contributed by atoms with Gasteiger partial charge >= 0.3 is 0 Å². The third kappa shape index (κ3) is 5.01. The summed E-state index contributed by atoms with van der Waals surface area (Å²) in [5, 5.41) is 0.862. The molecule has 1 atom stereocenters. The van der Waals surface area contributed by atoms with Gasteiger partial charge in [-0.2, -0.15) is 17.9 Å². The predicted octanol–water partition coefficient (Wildman–Crippen LogP) is 3.21. The number of aryl methyl sites for hydroxylation is 2. The van der Waals surface area contributed by atoms with Crippen LogP contribution in [0.3, 0.4) is 0 Å². The average molecular weight is 346 g/mol. The minimum Gasteiger partial charge on any atom is -0.245 e. The Balaban J connectivity index is 2.11. The number of aromatic nitrogens is 1. The van der Waals surface area contributed by atoms with E-state index in [4.69, 9.17) is 0 Å². The van der Waals surface area contributed by atoms with Crippen molar-refractivity contribution >= 4 is 21.5 Å². The second kappa shape index (κ2) is 7.38. The molecule has 0 spiro atoms. The van der Waals surface area contributed by atoms with Crippen molar-refractivity contribution in [3.8, 4) is 0 Å². The molecule has 126 valence electrons. The van der Waals surface area contributed by atoms with Gasteiger partial charge < -0.3 is 0 Å². The van der Waals surface area contributed by atoms with Crippen LogP contribution in [0.15, 0.2) is 0 Å². The molecule has 2 rings (SSSR count). The van der Waals surface area contributed by atoms with Gasteiger partial charge in [-0.25, -0.2) is 4.98 Å². The van der Waals surface area contributed by atoms with Crippen LogP contribution in [0.2, 0.25) is 0 Å². The Morgan fingerprint density at radius 3 is 2.41 bits per heavy atom. The van der Waals surface area contributed by atoms with Crippen LogP contribution in [0.4, 0.5) is 0 Å². The number of nitrogens with zero attached hydrogens (tertiary/aromatic N) is 1. The number of rotatable bonds is 7. The first-order chi connectivity index (χ1) is 10.3. The minimum atomic E-state index is -3.49. The first kappa shape index (κ1) is 17.8. The molecule has 1 fully saturated rings. The molecule has 0 aliphatic heterocycles. The van der Waals surface area contributed by atoms with Gasteiger partial charge in [0.1, 0.15) is 5.01 Å². The molecular weight excluding hydrogens is 318 g/mol. The van der Waals surface area contributed by atoms with Crippen molar-refractivity contribution in [1.29, 1.82) is 0 Å². The zero-order valence-corrected chi connectivity index (χ0v) is 15.5. The van der Waals surface area contributed by atoms with Gasteiger partial charge in [-0.3, -0.25) is 0 Å². The summed E-state index contributed by atoms with van der Waals surface area (Å²) in [5.41, 5.74) is 0.983. The summed E-state index contributed by atoms with van der Waals surface area (Å²) >= 11 is 1.58. The highest BCUT2D eigenvalue weighted by molar-refractivity contribution is 7.87. The zero-order chi connectivity index (χ0) is 16.3. The normalized spacial score (nSPS) is 18.2. The van der Waals surface area contributed by atoms with Crippen LogP contribution in [-0.4, -0.2) is 19.4 Å². The smallest absolute Gasteiger partial charge is 0.245 e. The van der Waals surface area contributed by atoms with Crippen molar-refractivity contribution in [2.45, 2.75) is 71.9 Å². The molecule has 5 nitrogen and oxygen atoms in total. The van der Waals surface area contributed by atoms with Crippen LogP contribution in [0.1, 0.15) is 67.6 Å². The van der Waals surface area contributed by atoms with E-state index >= 15 is 0 Å². The SMILES string of the molecule is Cc1nc(C(CC(C)C)NS(=O)(=O)NC2CCCC2)sc1C. The quantitative estimate of drug-likeness (QED) is 0.797. The molecule has 0 aromatic carbocycles. The van der Waals surface area contributed by atoms with E-state index in [0.717, 1.165) is 47.7 Å². The molecule has 7 heteroatoms. The predicted molar refractivity (Wildman–Crippen MR) is 91.2 cm³/mol. The summed E-state index contributed by atoms with van der Waals surface area (Å²) in [6.45, 7) is 8.18. The molecule has 0 saturated heterocycles. The van der Waals surface area contributed by atoms with E-state index in [1.165, 1.54) is 0 Å². The highest BCUT2D eigenvalue weighted by atomic mass is 32.2. The van der Waals surface area contributed by atoms with Crippen LogP contribution < -0.4 is 9.44 Å². The molecule has 22 heavy (non-hydrogen) atoms. The first-order valence-electron chi connectivity index (χ1n) is 8.00. The van der Waals surface area contributed by atoms with E-state index in [2.05, 4.69) is 28.3 Å². The number of hydrogen-bond donors (Lipinski definition) is 2. The van der Waals surface area contributed by atoms with Crippen LogP contribution in [0, 0.1) is 19.8 Å². The van der Waals surface area contributed by atoms with Crippen molar-refractivity contribution in [3.05, 3.63) is 15.6 Å². The lowest BCUT2D eigenvalue weighted by atomic mass is 10.1. The molecular formula is C15H27N3O2S2. The summed E-state index contributed by atoms with van der Waals surface area (Å²) in [6, 6.07) is -0.173. The van der Waals surface area contributed by atoms with Crippen LogP contribution >= 0.6 is 11.3 Å². The molecule has 1 aromatic heterocycles. The molecule has 1 aromatic rings. The van der Waals surface area contributed by atoms with Crippen molar-refractivity contribution in [1.82, 2.24) is 14.4 Å². The van der Waals surface area contributed by atoms with E-state index in [9.17, 15) is 8.42 Å². The number of thiazole rings is 1. The lowest BCUT2D eigenvalue weighted by Gasteiger charge is -2.20. The number of hydrogen-bond acceptors (Lipinski definition) is 4. The van der Waals surface area contributed by atoms with Crippen molar-refractivity contribution in [2.75, 3.05) is 0 Å². The van der Waals surface area contributed by atoms with Crippen molar-refractivity contribution in [3.63, 3.8) is 0 Å². The second-order valence-corrected chi connectivity index (χ2v) is 9.31. The molecule has 1 aliphatic carbocycles. The molecule has 0 radical (unpaired) electrons. The van der Waals surface area contributed by atoms with Gasteiger partial charge in [0.25, 0.3) is 10.2 Å².